The highest BCUT2D eigenvalue weighted by atomic mass is 16.6. The zero-order valence-electron chi connectivity index (χ0n) is 15.1. The summed E-state index contributed by atoms with van der Waals surface area (Å²) >= 11 is 0. The lowest BCUT2D eigenvalue weighted by atomic mass is 10.1. The van der Waals surface area contributed by atoms with E-state index in [9.17, 15) is 4.79 Å². The quantitative estimate of drug-likeness (QED) is 0.738. The van der Waals surface area contributed by atoms with Gasteiger partial charge in [-0.15, -0.1) is 0 Å². The minimum Gasteiger partial charge on any atom is -0.486 e. The molecule has 0 atom stereocenters. The molecular formula is C21H18N4O3. The third-order valence-electron chi connectivity index (χ3n) is 4.31. The van der Waals surface area contributed by atoms with Gasteiger partial charge >= 0.3 is 0 Å². The van der Waals surface area contributed by atoms with Gasteiger partial charge in [0.05, 0.1) is 24.6 Å². The first-order valence-electron chi connectivity index (χ1n) is 8.95. The maximum absolute atomic E-state index is 12.9. The molecule has 0 spiro atoms. The van der Waals surface area contributed by atoms with E-state index in [1.807, 2.05) is 48.5 Å². The molecule has 0 aliphatic carbocycles. The summed E-state index contributed by atoms with van der Waals surface area (Å²) in [5.41, 5.74) is 2.41. The van der Waals surface area contributed by atoms with E-state index in [4.69, 9.17) is 14.7 Å². The number of benzene rings is 2. The van der Waals surface area contributed by atoms with E-state index < -0.39 is 0 Å². The van der Waals surface area contributed by atoms with E-state index in [0.717, 1.165) is 5.56 Å². The second-order valence-electron chi connectivity index (χ2n) is 6.24. The van der Waals surface area contributed by atoms with Gasteiger partial charge in [0.25, 0.3) is 5.91 Å². The van der Waals surface area contributed by atoms with Crippen molar-refractivity contribution in [3.63, 3.8) is 0 Å². The molecule has 140 valence electrons. The second kappa shape index (κ2) is 7.84. The fourth-order valence-corrected chi connectivity index (χ4v) is 2.99. The standard InChI is InChI=1S/C21H18N4O3/c22-9-4-10-25-14-17(21(26)23-16-5-2-1-3-6-16)20(24-25)15-7-8-18-19(13-15)28-12-11-27-18/h1-3,5-8,13-14H,4,10-12H2,(H,23,26). The van der Waals surface area contributed by atoms with Gasteiger partial charge in [-0.2, -0.15) is 10.4 Å². The number of hydrogen-bond donors (Lipinski definition) is 1. The van der Waals surface area contributed by atoms with Crippen LogP contribution in [-0.4, -0.2) is 28.9 Å². The van der Waals surface area contributed by atoms with E-state index in [1.54, 1.807) is 10.9 Å². The van der Waals surface area contributed by atoms with Gasteiger partial charge in [0.1, 0.15) is 18.9 Å². The van der Waals surface area contributed by atoms with Crippen LogP contribution in [0.15, 0.2) is 54.7 Å². The minimum atomic E-state index is -0.265. The molecular weight excluding hydrogens is 356 g/mol. The number of hydrogen-bond acceptors (Lipinski definition) is 5. The maximum Gasteiger partial charge on any atom is 0.259 e. The lowest BCUT2D eigenvalue weighted by molar-refractivity contribution is 0.102. The summed E-state index contributed by atoms with van der Waals surface area (Å²) in [6, 6.07) is 16.8. The molecule has 0 saturated carbocycles. The van der Waals surface area contributed by atoms with E-state index in [1.165, 1.54) is 0 Å². The van der Waals surface area contributed by atoms with Crippen LogP contribution < -0.4 is 14.8 Å². The number of aromatic nitrogens is 2. The van der Waals surface area contributed by atoms with Crippen LogP contribution in [0.2, 0.25) is 0 Å². The smallest absolute Gasteiger partial charge is 0.259 e. The van der Waals surface area contributed by atoms with Gasteiger partial charge < -0.3 is 14.8 Å². The Balaban J connectivity index is 1.70. The lowest BCUT2D eigenvalue weighted by Crippen LogP contribution is -2.15. The Morgan fingerprint density at radius 2 is 1.93 bits per heavy atom. The number of amides is 1. The fraction of sp³-hybridized carbons (Fsp3) is 0.190. The number of carbonyl (C=O) groups is 1. The van der Waals surface area contributed by atoms with Crippen LogP contribution >= 0.6 is 0 Å². The number of rotatable bonds is 5. The van der Waals surface area contributed by atoms with E-state index in [0.29, 0.717) is 54.6 Å². The van der Waals surface area contributed by atoms with E-state index >= 15 is 0 Å². The summed E-state index contributed by atoms with van der Waals surface area (Å²) < 4.78 is 12.8. The van der Waals surface area contributed by atoms with E-state index in [-0.39, 0.29) is 5.91 Å². The second-order valence-corrected chi connectivity index (χ2v) is 6.24. The average molecular weight is 374 g/mol. The highest BCUT2D eigenvalue weighted by molar-refractivity contribution is 6.08. The van der Waals surface area contributed by atoms with Crippen molar-refractivity contribution in [2.75, 3.05) is 18.5 Å². The van der Waals surface area contributed by atoms with Crippen LogP contribution in [0.4, 0.5) is 5.69 Å². The fourth-order valence-electron chi connectivity index (χ4n) is 2.99. The van der Waals surface area contributed by atoms with Crippen LogP contribution in [0.25, 0.3) is 11.3 Å². The monoisotopic (exact) mass is 374 g/mol. The summed E-state index contributed by atoms with van der Waals surface area (Å²) in [5.74, 6) is 1.04. The molecule has 4 rings (SSSR count). The van der Waals surface area contributed by atoms with Gasteiger partial charge in [-0.3, -0.25) is 9.48 Å². The first kappa shape index (κ1) is 17.6. The molecule has 28 heavy (non-hydrogen) atoms. The number of anilines is 1. The summed E-state index contributed by atoms with van der Waals surface area (Å²) in [6.45, 7) is 1.40. The molecule has 0 saturated heterocycles. The normalized spacial score (nSPS) is 12.2. The van der Waals surface area contributed by atoms with Crippen LogP contribution in [-0.2, 0) is 6.54 Å². The molecule has 3 aromatic rings. The van der Waals surface area contributed by atoms with Crippen molar-refractivity contribution in [1.82, 2.24) is 9.78 Å². The van der Waals surface area contributed by atoms with Gasteiger partial charge in [-0.05, 0) is 30.3 Å². The van der Waals surface area contributed by atoms with Crippen molar-refractivity contribution >= 4 is 11.6 Å². The molecule has 1 aliphatic heterocycles. The first-order chi connectivity index (χ1) is 13.7. The number of nitriles is 1. The SMILES string of the molecule is N#CCCn1cc(C(=O)Nc2ccccc2)c(-c2ccc3c(c2)OCCO3)n1. The molecule has 0 bridgehead atoms. The first-order valence-corrected chi connectivity index (χ1v) is 8.95. The van der Waals surface area contributed by atoms with Crippen molar-refractivity contribution in [3.05, 3.63) is 60.3 Å². The molecule has 1 N–H and O–H groups in total. The highest BCUT2D eigenvalue weighted by Crippen LogP contribution is 2.35. The number of aryl methyl sites for hydroxylation is 1. The van der Waals surface area contributed by atoms with E-state index in [2.05, 4.69) is 16.5 Å². The van der Waals surface area contributed by atoms with Gasteiger partial charge in [0.15, 0.2) is 11.5 Å². The summed E-state index contributed by atoms with van der Waals surface area (Å²) in [6.07, 6.45) is 1.98. The summed E-state index contributed by atoms with van der Waals surface area (Å²) in [7, 11) is 0. The number of fused-ring (bicyclic) bond motifs is 1. The van der Waals surface area contributed by atoms with Gasteiger partial charge in [-0.25, -0.2) is 0 Å². The number of nitrogens with zero attached hydrogens (tertiary/aromatic N) is 3. The molecule has 7 nitrogen and oxygen atoms in total. The van der Waals surface area contributed by atoms with Crippen molar-refractivity contribution < 1.29 is 14.3 Å². The van der Waals surface area contributed by atoms with Crippen molar-refractivity contribution in [3.8, 4) is 28.8 Å². The van der Waals surface area contributed by atoms with Crippen LogP contribution in [0.1, 0.15) is 16.8 Å². The predicted molar refractivity (Wildman–Crippen MR) is 103 cm³/mol. The predicted octanol–water partition coefficient (Wildman–Crippen LogP) is 3.49. The summed E-state index contributed by atoms with van der Waals surface area (Å²) in [5, 5.41) is 16.3. The molecule has 1 amide bonds. The molecule has 2 heterocycles. The van der Waals surface area contributed by atoms with Crippen LogP contribution in [0, 0.1) is 11.3 Å². The molecule has 0 unspecified atom stereocenters. The number of ether oxygens (including phenoxy) is 2. The number of para-hydroxylation sites is 1. The Hall–Kier alpha value is -3.79. The van der Waals surface area contributed by atoms with Gasteiger partial charge in [0.2, 0.25) is 0 Å². The zero-order chi connectivity index (χ0) is 19.3. The lowest BCUT2D eigenvalue weighted by Gasteiger charge is -2.18. The van der Waals surface area contributed by atoms with Crippen LogP contribution in [0.5, 0.6) is 11.5 Å². The van der Waals surface area contributed by atoms with Gasteiger partial charge in [-0.1, -0.05) is 18.2 Å². The minimum absolute atomic E-state index is 0.265. The largest absolute Gasteiger partial charge is 0.486 e. The Morgan fingerprint density at radius 3 is 2.71 bits per heavy atom. The van der Waals surface area contributed by atoms with Crippen molar-refractivity contribution in [1.29, 1.82) is 5.26 Å². The third-order valence-corrected chi connectivity index (χ3v) is 4.31. The number of nitrogens with one attached hydrogen (secondary N) is 1. The van der Waals surface area contributed by atoms with Gasteiger partial charge in [0, 0.05) is 17.4 Å². The molecule has 0 radical (unpaired) electrons. The van der Waals surface area contributed by atoms with Crippen LogP contribution in [0.3, 0.4) is 0 Å². The Labute approximate surface area is 162 Å². The Morgan fingerprint density at radius 1 is 1.14 bits per heavy atom. The molecule has 1 aliphatic rings. The molecule has 1 aromatic heterocycles. The molecule has 0 fully saturated rings. The topological polar surface area (TPSA) is 89.2 Å². The molecule has 2 aromatic carbocycles. The third kappa shape index (κ3) is 3.67. The Kier molecular flexibility index (Phi) is 4.93. The van der Waals surface area contributed by atoms with Crippen molar-refractivity contribution in [2.45, 2.75) is 13.0 Å². The maximum atomic E-state index is 12.9. The van der Waals surface area contributed by atoms with Crippen molar-refractivity contribution in [2.24, 2.45) is 0 Å². The number of carbonyl (C=O) groups excluding carboxylic acids is 1. The average Bonchev–Trinajstić information content (AvgIpc) is 3.17. The zero-order valence-corrected chi connectivity index (χ0v) is 15.1. The Bertz CT molecular complexity index is 1040. The highest BCUT2D eigenvalue weighted by Gasteiger charge is 2.20. The molecule has 7 heteroatoms. The summed E-state index contributed by atoms with van der Waals surface area (Å²) in [4.78, 5) is 12.9.